The van der Waals surface area contributed by atoms with Crippen molar-refractivity contribution in [3.8, 4) is 5.75 Å². The number of carbonyl (C=O) groups is 1. The number of aldehydes is 1. The minimum Gasteiger partial charge on any atom is -0.491 e. The van der Waals surface area contributed by atoms with E-state index in [1.807, 2.05) is 39.8 Å². The SMILES string of the molecule is Cc1cc(OC[C@@H]2COC(C)(C)O2)cc(C)c1C=O. The first-order valence-electron chi connectivity index (χ1n) is 6.42. The van der Waals surface area contributed by atoms with Gasteiger partial charge in [0.1, 0.15) is 18.5 Å². The highest BCUT2D eigenvalue weighted by Gasteiger charge is 2.32. The Balaban J connectivity index is 1.99. The molecule has 0 aromatic heterocycles. The molecule has 1 heterocycles. The summed E-state index contributed by atoms with van der Waals surface area (Å²) in [5.41, 5.74) is 2.58. The van der Waals surface area contributed by atoms with Crippen LogP contribution in [-0.4, -0.2) is 31.4 Å². The summed E-state index contributed by atoms with van der Waals surface area (Å²) < 4.78 is 16.9. The lowest BCUT2D eigenvalue weighted by atomic mass is 10.0. The molecule has 4 heteroatoms. The summed E-state index contributed by atoms with van der Waals surface area (Å²) >= 11 is 0. The van der Waals surface area contributed by atoms with Crippen molar-refractivity contribution in [3.63, 3.8) is 0 Å². The molecule has 0 amide bonds. The van der Waals surface area contributed by atoms with E-state index in [9.17, 15) is 4.79 Å². The number of ether oxygens (including phenoxy) is 3. The van der Waals surface area contributed by atoms with Gasteiger partial charge in [0, 0.05) is 5.56 Å². The maximum Gasteiger partial charge on any atom is 0.163 e. The number of hydrogen-bond donors (Lipinski definition) is 0. The summed E-state index contributed by atoms with van der Waals surface area (Å²) in [5.74, 6) is 0.232. The lowest BCUT2D eigenvalue weighted by Gasteiger charge is -2.17. The van der Waals surface area contributed by atoms with Gasteiger partial charge in [0.05, 0.1) is 6.61 Å². The molecule has 19 heavy (non-hydrogen) atoms. The maximum absolute atomic E-state index is 10.9. The van der Waals surface area contributed by atoms with Crippen molar-refractivity contribution in [2.75, 3.05) is 13.2 Å². The third-order valence-corrected chi connectivity index (χ3v) is 3.19. The highest BCUT2D eigenvalue weighted by molar-refractivity contribution is 5.80. The van der Waals surface area contributed by atoms with Gasteiger partial charge in [-0.05, 0) is 51.0 Å². The minimum absolute atomic E-state index is 0.0543. The van der Waals surface area contributed by atoms with E-state index in [2.05, 4.69) is 0 Å². The summed E-state index contributed by atoms with van der Waals surface area (Å²) in [5, 5.41) is 0. The molecule has 2 rings (SSSR count). The zero-order valence-electron chi connectivity index (χ0n) is 11.9. The van der Waals surface area contributed by atoms with Crippen molar-refractivity contribution in [1.29, 1.82) is 0 Å². The van der Waals surface area contributed by atoms with Crippen LogP contribution in [0.1, 0.15) is 35.3 Å². The van der Waals surface area contributed by atoms with Crippen LogP contribution >= 0.6 is 0 Å². The maximum atomic E-state index is 10.9. The summed E-state index contributed by atoms with van der Waals surface area (Å²) in [6.07, 6.45) is 0.826. The van der Waals surface area contributed by atoms with Gasteiger partial charge < -0.3 is 14.2 Å². The number of hydrogen-bond acceptors (Lipinski definition) is 4. The molecule has 1 fully saturated rings. The molecule has 104 valence electrons. The molecule has 1 aromatic rings. The van der Waals surface area contributed by atoms with Gasteiger partial charge in [0.2, 0.25) is 0 Å². The first kappa shape index (κ1) is 14.0. The van der Waals surface area contributed by atoms with E-state index >= 15 is 0 Å². The molecule has 0 bridgehead atoms. The third-order valence-electron chi connectivity index (χ3n) is 3.19. The fourth-order valence-electron chi connectivity index (χ4n) is 2.24. The molecule has 1 aliphatic heterocycles. The Morgan fingerprint density at radius 2 is 2.00 bits per heavy atom. The Hall–Kier alpha value is -1.39. The smallest absolute Gasteiger partial charge is 0.163 e. The van der Waals surface area contributed by atoms with E-state index in [1.165, 1.54) is 0 Å². The first-order valence-corrected chi connectivity index (χ1v) is 6.42. The Morgan fingerprint density at radius 3 is 2.47 bits per heavy atom. The lowest BCUT2D eigenvalue weighted by molar-refractivity contribution is -0.141. The quantitative estimate of drug-likeness (QED) is 0.784. The summed E-state index contributed by atoms with van der Waals surface area (Å²) in [6.45, 7) is 8.57. The highest BCUT2D eigenvalue weighted by Crippen LogP contribution is 2.24. The monoisotopic (exact) mass is 264 g/mol. The molecule has 0 saturated carbocycles. The van der Waals surface area contributed by atoms with E-state index in [1.54, 1.807) is 0 Å². The average molecular weight is 264 g/mol. The van der Waals surface area contributed by atoms with E-state index in [0.29, 0.717) is 13.2 Å². The third kappa shape index (κ3) is 3.33. The second-order valence-electron chi connectivity index (χ2n) is 5.35. The summed E-state index contributed by atoms with van der Waals surface area (Å²) in [6, 6.07) is 3.75. The molecule has 0 aliphatic carbocycles. The van der Waals surface area contributed by atoms with Crippen molar-refractivity contribution in [2.45, 2.75) is 39.6 Å². The van der Waals surface area contributed by atoms with Crippen LogP contribution in [0.2, 0.25) is 0 Å². The fourth-order valence-corrected chi connectivity index (χ4v) is 2.24. The fraction of sp³-hybridized carbons (Fsp3) is 0.533. The lowest BCUT2D eigenvalue weighted by Crippen LogP contribution is -2.25. The van der Waals surface area contributed by atoms with Gasteiger partial charge in [-0.25, -0.2) is 0 Å². The van der Waals surface area contributed by atoms with Crippen molar-refractivity contribution < 1.29 is 19.0 Å². The molecule has 1 atom stereocenters. The van der Waals surface area contributed by atoms with Gasteiger partial charge in [-0.1, -0.05) is 0 Å². The number of carbonyl (C=O) groups excluding carboxylic acids is 1. The van der Waals surface area contributed by atoms with Gasteiger partial charge in [-0.15, -0.1) is 0 Å². The minimum atomic E-state index is -0.527. The molecule has 0 spiro atoms. The number of rotatable bonds is 4. The Bertz CT molecular complexity index is 456. The Morgan fingerprint density at radius 1 is 1.37 bits per heavy atom. The Kier molecular flexibility index (Phi) is 3.92. The molecule has 1 aliphatic rings. The number of benzene rings is 1. The van der Waals surface area contributed by atoms with Crippen molar-refractivity contribution >= 4 is 6.29 Å². The second-order valence-corrected chi connectivity index (χ2v) is 5.35. The van der Waals surface area contributed by atoms with E-state index < -0.39 is 5.79 Å². The van der Waals surface area contributed by atoms with Gasteiger partial charge in [0.25, 0.3) is 0 Å². The predicted molar refractivity (Wildman–Crippen MR) is 71.7 cm³/mol. The van der Waals surface area contributed by atoms with E-state index in [4.69, 9.17) is 14.2 Å². The zero-order chi connectivity index (χ0) is 14.0. The molecular weight excluding hydrogens is 244 g/mol. The molecular formula is C15H20O4. The van der Waals surface area contributed by atoms with Crippen LogP contribution in [0.3, 0.4) is 0 Å². The summed E-state index contributed by atoms with van der Waals surface area (Å²) in [4.78, 5) is 10.9. The summed E-state index contributed by atoms with van der Waals surface area (Å²) in [7, 11) is 0. The van der Waals surface area contributed by atoms with Crippen molar-refractivity contribution in [3.05, 3.63) is 28.8 Å². The standard InChI is InChI=1S/C15H20O4/c1-10-5-12(6-11(2)14(10)7-16)17-8-13-9-18-15(3,4)19-13/h5-7,13H,8-9H2,1-4H3/t13-/m1/s1. The van der Waals surface area contributed by atoms with Gasteiger partial charge in [-0.3, -0.25) is 4.79 Å². The van der Waals surface area contributed by atoms with Crippen LogP contribution in [0.4, 0.5) is 0 Å². The van der Waals surface area contributed by atoms with E-state index in [0.717, 1.165) is 28.7 Å². The van der Waals surface area contributed by atoms with Gasteiger partial charge in [-0.2, -0.15) is 0 Å². The number of aryl methyl sites for hydroxylation is 2. The van der Waals surface area contributed by atoms with Gasteiger partial charge >= 0.3 is 0 Å². The molecule has 4 nitrogen and oxygen atoms in total. The topological polar surface area (TPSA) is 44.8 Å². The zero-order valence-corrected chi connectivity index (χ0v) is 11.9. The Labute approximate surface area is 113 Å². The molecule has 1 aromatic carbocycles. The van der Waals surface area contributed by atoms with Crippen LogP contribution in [0, 0.1) is 13.8 Å². The molecule has 0 N–H and O–H groups in total. The van der Waals surface area contributed by atoms with E-state index in [-0.39, 0.29) is 6.10 Å². The predicted octanol–water partition coefficient (Wildman–Crippen LogP) is 2.65. The second kappa shape index (κ2) is 5.31. The van der Waals surface area contributed by atoms with Crippen LogP contribution in [0.5, 0.6) is 5.75 Å². The molecule has 0 unspecified atom stereocenters. The molecule has 0 radical (unpaired) electrons. The van der Waals surface area contributed by atoms with Crippen molar-refractivity contribution in [2.24, 2.45) is 0 Å². The highest BCUT2D eigenvalue weighted by atomic mass is 16.7. The van der Waals surface area contributed by atoms with Crippen LogP contribution in [0.25, 0.3) is 0 Å². The van der Waals surface area contributed by atoms with Crippen LogP contribution in [0.15, 0.2) is 12.1 Å². The normalized spacial score (nSPS) is 21.4. The van der Waals surface area contributed by atoms with Crippen LogP contribution in [-0.2, 0) is 9.47 Å². The van der Waals surface area contributed by atoms with Crippen molar-refractivity contribution in [1.82, 2.24) is 0 Å². The first-order chi connectivity index (χ1) is 8.91. The average Bonchev–Trinajstić information content (AvgIpc) is 2.66. The van der Waals surface area contributed by atoms with Crippen LogP contribution < -0.4 is 4.74 Å². The molecule has 1 saturated heterocycles. The largest absolute Gasteiger partial charge is 0.491 e. The van der Waals surface area contributed by atoms with Gasteiger partial charge in [0.15, 0.2) is 12.1 Å².